The van der Waals surface area contributed by atoms with E-state index in [-0.39, 0.29) is 23.1 Å². The van der Waals surface area contributed by atoms with Crippen LogP contribution in [0.1, 0.15) is 75.6 Å². The van der Waals surface area contributed by atoms with Gasteiger partial charge in [0.25, 0.3) is 5.91 Å². The second-order valence-corrected chi connectivity index (χ2v) is 9.46. The standard InChI is InChI=1S/C27H36N4O3/c1-8-12-20(9-2)34-23-16-15-19(27(4,5)6)17-21(23)28-26(32)25-18(3)31(30-29-25)22-13-10-11-14-24(22)33-7/h10-11,13-17,20H,8-9,12H2,1-7H3,(H,28,32). The van der Waals surface area contributed by atoms with Gasteiger partial charge in [-0.2, -0.15) is 0 Å². The average Bonchev–Trinajstić information content (AvgIpc) is 3.20. The molecule has 0 aliphatic carbocycles. The molecule has 1 amide bonds. The van der Waals surface area contributed by atoms with Crippen molar-refractivity contribution >= 4 is 11.6 Å². The minimum absolute atomic E-state index is 0.0749. The van der Waals surface area contributed by atoms with Crippen LogP contribution in [-0.2, 0) is 5.41 Å². The Hall–Kier alpha value is -3.35. The number of nitrogens with one attached hydrogen (secondary N) is 1. The van der Waals surface area contributed by atoms with Gasteiger partial charge in [-0.1, -0.05) is 64.5 Å². The van der Waals surface area contributed by atoms with E-state index in [1.807, 2.05) is 43.3 Å². The third kappa shape index (κ3) is 5.58. The van der Waals surface area contributed by atoms with E-state index < -0.39 is 0 Å². The molecule has 3 aromatic rings. The lowest BCUT2D eigenvalue weighted by Crippen LogP contribution is -2.20. The van der Waals surface area contributed by atoms with Crippen molar-refractivity contribution in [3.8, 4) is 17.2 Å². The number of benzene rings is 2. The summed E-state index contributed by atoms with van der Waals surface area (Å²) in [6.07, 6.45) is 2.98. The average molecular weight is 465 g/mol. The molecular weight excluding hydrogens is 428 g/mol. The van der Waals surface area contributed by atoms with Crippen LogP contribution in [0.3, 0.4) is 0 Å². The van der Waals surface area contributed by atoms with Crippen molar-refractivity contribution in [2.45, 2.75) is 72.3 Å². The Kier molecular flexibility index (Phi) is 7.97. The van der Waals surface area contributed by atoms with Gasteiger partial charge in [0.2, 0.25) is 0 Å². The van der Waals surface area contributed by atoms with E-state index in [1.165, 1.54) is 0 Å². The fourth-order valence-electron chi connectivity index (χ4n) is 3.80. The Labute approximate surface area is 202 Å². The van der Waals surface area contributed by atoms with Crippen molar-refractivity contribution in [3.05, 3.63) is 59.4 Å². The quantitative estimate of drug-likeness (QED) is 0.414. The molecule has 0 radical (unpaired) electrons. The van der Waals surface area contributed by atoms with E-state index in [0.29, 0.717) is 22.9 Å². The number of carbonyl (C=O) groups is 1. The SMILES string of the molecule is CCCC(CC)Oc1ccc(C(C)(C)C)cc1NC(=O)c1nnn(-c2ccccc2OC)c1C. The monoisotopic (exact) mass is 464 g/mol. The van der Waals surface area contributed by atoms with Crippen LogP contribution in [-0.4, -0.2) is 34.1 Å². The molecular formula is C27H36N4O3. The van der Waals surface area contributed by atoms with Gasteiger partial charge in [0.05, 0.1) is 24.6 Å². The van der Waals surface area contributed by atoms with Gasteiger partial charge >= 0.3 is 0 Å². The third-order valence-electron chi connectivity index (χ3n) is 5.88. The summed E-state index contributed by atoms with van der Waals surface area (Å²) in [6.45, 7) is 12.5. The molecule has 3 rings (SSSR count). The smallest absolute Gasteiger partial charge is 0.278 e. The van der Waals surface area contributed by atoms with Crippen molar-refractivity contribution in [3.63, 3.8) is 0 Å². The molecule has 7 nitrogen and oxygen atoms in total. The summed E-state index contributed by atoms with van der Waals surface area (Å²) in [4.78, 5) is 13.3. The van der Waals surface area contributed by atoms with Crippen molar-refractivity contribution in [1.82, 2.24) is 15.0 Å². The van der Waals surface area contributed by atoms with Crippen molar-refractivity contribution in [2.24, 2.45) is 0 Å². The molecule has 0 bridgehead atoms. The van der Waals surface area contributed by atoms with Crippen LogP contribution in [0.4, 0.5) is 5.69 Å². The topological polar surface area (TPSA) is 78.3 Å². The fourth-order valence-corrected chi connectivity index (χ4v) is 3.80. The lowest BCUT2D eigenvalue weighted by Gasteiger charge is -2.24. The van der Waals surface area contributed by atoms with Crippen LogP contribution in [0.25, 0.3) is 5.69 Å². The molecule has 0 aliphatic rings. The maximum atomic E-state index is 13.3. The number of methoxy groups -OCH3 is 1. The summed E-state index contributed by atoms with van der Waals surface area (Å²) in [6, 6.07) is 13.5. The molecule has 182 valence electrons. The summed E-state index contributed by atoms with van der Waals surface area (Å²) >= 11 is 0. The van der Waals surface area contributed by atoms with E-state index in [0.717, 1.165) is 30.5 Å². The Bertz CT molecular complexity index is 1130. The molecule has 7 heteroatoms. The molecule has 0 saturated heterocycles. The molecule has 0 aliphatic heterocycles. The number of carbonyl (C=O) groups excluding carboxylic acids is 1. The summed E-state index contributed by atoms with van der Waals surface area (Å²) in [5.74, 6) is 0.979. The van der Waals surface area contributed by atoms with Crippen molar-refractivity contribution in [2.75, 3.05) is 12.4 Å². The lowest BCUT2D eigenvalue weighted by molar-refractivity contribution is 0.102. The van der Waals surface area contributed by atoms with Crippen LogP contribution in [0.15, 0.2) is 42.5 Å². The zero-order chi connectivity index (χ0) is 24.9. The second-order valence-electron chi connectivity index (χ2n) is 9.46. The highest BCUT2D eigenvalue weighted by molar-refractivity contribution is 6.04. The van der Waals surface area contributed by atoms with E-state index in [1.54, 1.807) is 11.8 Å². The number of para-hydroxylation sites is 2. The minimum atomic E-state index is -0.335. The van der Waals surface area contributed by atoms with E-state index in [4.69, 9.17) is 9.47 Å². The normalized spacial score (nSPS) is 12.3. The minimum Gasteiger partial charge on any atom is -0.494 e. The van der Waals surface area contributed by atoms with Crippen LogP contribution < -0.4 is 14.8 Å². The van der Waals surface area contributed by atoms with Gasteiger partial charge in [0.15, 0.2) is 5.69 Å². The largest absolute Gasteiger partial charge is 0.494 e. The van der Waals surface area contributed by atoms with Crippen LogP contribution in [0.2, 0.25) is 0 Å². The molecule has 1 heterocycles. The highest BCUT2D eigenvalue weighted by Gasteiger charge is 2.23. The molecule has 1 atom stereocenters. The zero-order valence-electron chi connectivity index (χ0n) is 21.3. The van der Waals surface area contributed by atoms with Gasteiger partial charge in [-0.15, -0.1) is 5.10 Å². The number of rotatable bonds is 9. The molecule has 1 aromatic heterocycles. The maximum Gasteiger partial charge on any atom is 0.278 e. The molecule has 0 saturated carbocycles. The molecule has 1 N–H and O–H groups in total. The lowest BCUT2D eigenvalue weighted by atomic mass is 9.87. The Morgan fingerprint density at radius 2 is 1.85 bits per heavy atom. The zero-order valence-corrected chi connectivity index (χ0v) is 21.3. The molecule has 0 fully saturated rings. The van der Waals surface area contributed by atoms with E-state index >= 15 is 0 Å². The van der Waals surface area contributed by atoms with Gasteiger partial charge in [-0.3, -0.25) is 4.79 Å². The number of aromatic nitrogens is 3. The predicted octanol–water partition coefficient (Wildman–Crippen LogP) is 6.09. The number of nitrogens with zero attached hydrogens (tertiary/aromatic N) is 3. The van der Waals surface area contributed by atoms with Gasteiger partial charge in [0.1, 0.15) is 17.2 Å². The number of ether oxygens (including phenoxy) is 2. The second kappa shape index (κ2) is 10.7. The van der Waals surface area contributed by atoms with Crippen LogP contribution in [0, 0.1) is 6.92 Å². The van der Waals surface area contributed by atoms with Gasteiger partial charge in [-0.05, 0) is 55.0 Å². The molecule has 0 spiro atoms. The Morgan fingerprint density at radius 3 is 2.50 bits per heavy atom. The Balaban J connectivity index is 1.95. The number of amides is 1. The number of anilines is 1. The third-order valence-corrected chi connectivity index (χ3v) is 5.88. The fraction of sp³-hybridized carbons (Fsp3) is 0.444. The summed E-state index contributed by atoms with van der Waals surface area (Å²) in [5, 5.41) is 11.4. The predicted molar refractivity (Wildman–Crippen MR) is 135 cm³/mol. The van der Waals surface area contributed by atoms with Crippen LogP contribution in [0.5, 0.6) is 11.5 Å². The summed E-state index contributed by atoms with van der Waals surface area (Å²) in [5.41, 5.74) is 3.26. The maximum absolute atomic E-state index is 13.3. The van der Waals surface area contributed by atoms with Gasteiger partial charge < -0.3 is 14.8 Å². The first kappa shape index (κ1) is 25.3. The van der Waals surface area contributed by atoms with E-state index in [9.17, 15) is 4.79 Å². The highest BCUT2D eigenvalue weighted by Crippen LogP contribution is 2.33. The highest BCUT2D eigenvalue weighted by atomic mass is 16.5. The van der Waals surface area contributed by atoms with Gasteiger partial charge in [0, 0.05) is 0 Å². The van der Waals surface area contributed by atoms with Crippen molar-refractivity contribution < 1.29 is 14.3 Å². The summed E-state index contributed by atoms with van der Waals surface area (Å²) in [7, 11) is 1.60. The first-order valence-electron chi connectivity index (χ1n) is 11.9. The number of hydrogen-bond acceptors (Lipinski definition) is 5. The first-order valence-corrected chi connectivity index (χ1v) is 11.9. The molecule has 1 unspecified atom stereocenters. The number of hydrogen-bond donors (Lipinski definition) is 1. The Morgan fingerprint density at radius 1 is 1.12 bits per heavy atom. The van der Waals surface area contributed by atoms with Gasteiger partial charge in [-0.25, -0.2) is 4.68 Å². The molecule has 34 heavy (non-hydrogen) atoms. The van der Waals surface area contributed by atoms with E-state index in [2.05, 4.69) is 56.3 Å². The molecule has 2 aromatic carbocycles. The van der Waals surface area contributed by atoms with Crippen molar-refractivity contribution in [1.29, 1.82) is 0 Å². The summed E-state index contributed by atoms with van der Waals surface area (Å²) < 4.78 is 13.4. The van der Waals surface area contributed by atoms with Crippen LogP contribution >= 0.6 is 0 Å². The first-order chi connectivity index (χ1) is 16.2.